The number of carbonyl (C=O) groups excluding carboxylic acids is 3. The predicted molar refractivity (Wildman–Crippen MR) is 103 cm³/mol. The lowest BCUT2D eigenvalue weighted by Gasteiger charge is -2.25. The number of imide groups is 1. The Hall–Kier alpha value is -2.66. The SMILES string of the molecule is CC(c1ccc(Cl)cc1)N(C)C(=O)c1ccc(CN2C(=O)CCC2=O)cc1. The van der Waals surface area contributed by atoms with E-state index in [4.69, 9.17) is 11.6 Å². The normalized spacial score (nSPS) is 15.1. The number of hydrogen-bond acceptors (Lipinski definition) is 3. The van der Waals surface area contributed by atoms with Gasteiger partial charge in [-0.15, -0.1) is 0 Å². The highest BCUT2D eigenvalue weighted by molar-refractivity contribution is 6.30. The predicted octanol–water partition coefficient (Wildman–Crippen LogP) is 3.82. The van der Waals surface area contributed by atoms with Crippen LogP contribution in [-0.4, -0.2) is 34.6 Å². The Morgan fingerprint density at radius 1 is 1.04 bits per heavy atom. The maximum Gasteiger partial charge on any atom is 0.254 e. The highest BCUT2D eigenvalue weighted by atomic mass is 35.5. The largest absolute Gasteiger partial charge is 0.335 e. The van der Waals surface area contributed by atoms with Crippen molar-refractivity contribution in [2.45, 2.75) is 32.4 Å². The fourth-order valence-electron chi connectivity index (χ4n) is 3.08. The molecule has 3 rings (SSSR count). The molecule has 27 heavy (non-hydrogen) atoms. The van der Waals surface area contributed by atoms with Crippen LogP contribution >= 0.6 is 11.6 Å². The van der Waals surface area contributed by atoms with E-state index in [2.05, 4.69) is 0 Å². The lowest BCUT2D eigenvalue weighted by Crippen LogP contribution is -2.30. The quantitative estimate of drug-likeness (QED) is 0.736. The van der Waals surface area contributed by atoms with E-state index in [1.165, 1.54) is 4.90 Å². The highest BCUT2D eigenvalue weighted by Crippen LogP contribution is 2.23. The van der Waals surface area contributed by atoms with Gasteiger partial charge in [0.2, 0.25) is 11.8 Å². The summed E-state index contributed by atoms with van der Waals surface area (Å²) in [7, 11) is 1.76. The van der Waals surface area contributed by atoms with Crippen LogP contribution in [0.5, 0.6) is 0 Å². The molecule has 0 radical (unpaired) electrons. The van der Waals surface area contributed by atoms with Crippen molar-refractivity contribution in [3.8, 4) is 0 Å². The van der Waals surface area contributed by atoms with Gasteiger partial charge in [-0.1, -0.05) is 35.9 Å². The molecule has 0 N–H and O–H groups in total. The van der Waals surface area contributed by atoms with Gasteiger partial charge in [0.1, 0.15) is 0 Å². The van der Waals surface area contributed by atoms with E-state index in [-0.39, 0.29) is 43.1 Å². The first-order valence-corrected chi connectivity index (χ1v) is 9.19. The average molecular weight is 385 g/mol. The topological polar surface area (TPSA) is 57.7 Å². The van der Waals surface area contributed by atoms with E-state index < -0.39 is 0 Å². The molecule has 0 bridgehead atoms. The van der Waals surface area contributed by atoms with Crippen LogP contribution in [0, 0.1) is 0 Å². The van der Waals surface area contributed by atoms with E-state index in [1.54, 1.807) is 48.3 Å². The molecule has 5 nitrogen and oxygen atoms in total. The molecule has 1 unspecified atom stereocenters. The molecule has 1 saturated heterocycles. The molecule has 1 atom stereocenters. The van der Waals surface area contributed by atoms with Gasteiger partial charge in [-0.25, -0.2) is 0 Å². The lowest BCUT2D eigenvalue weighted by molar-refractivity contribution is -0.139. The van der Waals surface area contributed by atoms with Crippen LogP contribution < -0.4 is 0 Å². The van der Waals surface area contributed by atoms with E-state index >= 15 is 0 Å². The fourth-order valence-corrected chi connectivity index (χ4v) is 3.20. The van der Waals surface area contributed by atoms with Gasteiger partial charge in [0, 0.05) is 30.5 Å². The standard InChI is InChI=1S/C21H21ClN2O3/c1-14(16-7-9-18(22)10-8-16)23(2)21(27)17-5-3-15(4-6-17)13-24-19(25)11-12-20(24)26/h3-10,14H,11-13H2,1-2H3. The van der Waals surface area contributed by atoms with Gasteiger partial charge in [-0.05, 0) is 42.3 Å². The molecule has 140 valence electrons. The zero-order chi connectivity index (χ0) is 19.6. The molecule has 6 heteroatoms. The number of nitrogens with zero attached hydrogens (tertiary/aromatic N) is 2. The Labute approximate surface area is 163 Å². The van der Waals surface area contributed by atoms with Crippen LogP contribution in [0.3, 0.4) is 0 Å². The highest BCUT2D eigenvalue weighted by Gasteiger charge is 2.28. The summed E-state index contributed by atoms with van der Waals surface area (Å²) in [5, 5.41) is 0.658. The summed E-state index contributed by atoms with van der Waals surface area (Å²) >= 11 is 5.92. The van der Waals surface area contributed by atoms with Crippen molar-refractivity contribution in [1.82, 2.24) is 9.80 Å². The average Bonchev–Trinajstić information content (AvgIpc) is 2.99. The van der Waals surface area contributed by atoms with E-state index in [1.807, 2.05) is 19.1 Å². The third kappa shape index (κ3) is 4.19. The van der Waals surface area contributed by atoms with Gasteiger partial charge in [0.25, 0.3) is 5.91 Å². The van der Waals surface area contributed by atoms with Crippen molar-refractivity contribution >= 4 is 29.3 Å². The van der Waals surface area contributed by atoms with Gasteiger partial charge in [-0.2, -0.15) is 0 Å². The monoisotopic (exact) mass is 384 g/mol. The number of amides is 3. The Bertz CT molecular complexity index is 846. The molecule has 1 heterocycles. The molecule has 0 aliphatic carbocycles. The zero-order valence-electron chi connectivity index (χ0n) is 15.3. The number of hydrogen-bond donors (Lipinski definition) is 0. The van der Waals surface area contributed by atoms with Crippen LogP contribution in [0.4, 0.5) is 0 Å². The summed E-state index contributed by atoms with van der Waals surface area (Å²) in [6, 6.07) is 14.4. The van der Waals surface area contributed by atoms with Crippen molar-refractivity contribution in [1.29, 1.82) is 0 Å². The molecule has 3 amide bonds. The Morgan fingerprint density at radius 2 is 1.59 bits per heavy atom. The molecule has 1 fully saturated rings. The summed E-state index contributed by atoms with van der Waals surface area (Å²) in [6.07, 6.45) is 0.561. The van der Waals surface area contributed by atoms with Crippen molar-refractivity contribution < 1.29 is 14.4 Å². The summed E-state index contributed by atoms with van der Waals surface area (Å²) in [4.78, 5) is 39.1. The van der Waals surface area contributed by atoms with Crippen LogP contribution in [0.2, 0.25) is 5.02 Å². The first-order valence-electron chi connectivity index (χ1n) is 8.81. The molecular formula is C21H21ClN2O3. The van der Waals surface area contributed by atoms with Gasteiger partial charge in [0.15, 0.2) is 0 Å². The van der Waals surface area contributed by atoms with E-state index in [9.17, 15) is 14.4 Å². The van der Waals surface area contributed by atoms with Crippen molar-refractivity contribution in [2.24, 2.45) is 0 Å². The zero-order valence-corrected chi connectivity index (χ0v) is 16.1. The second kappa shape index (κ2) is 7.92. The summed E-state index contributed by atoms with van der Waals surface area (Å²) in [6.45, 7) is 2.21. The molecule has 0 saturated carbocycles. The van der Waals surface area contributed by atoms with Gasteiger partial charge < -0.3 is 4.90 Å². The van der Waals surface area contributed by atoms with Crippen LogP contribution in [0.25, 0.3) is 0 Å². The first kappa shape index (κ1) is 19.1. The molecular weight excluding hydrogens is 364 g/mol. The number of rotatable bonds is 5. The maximum atomic E-state index is 12.8. The second-order valence-corrected chi connectivity index (χ2v) is 7.15. The second-order valence-electron chi connectivity index (χ2n) is 6.71. The van der Waals surface area contributed by atoms with E-state index in [0.717, 1.165) is 11.1 Å². The number of halogens is 1. The first-order chi connectivity index (χ1) is 12.9. The Balaban J connectivity index is 1.68. The summed E-state index contributed by atoms with van der Waals surface area (Å²) in [5.41, 5.74) is 2.38. The lowest BCUT2D eigenvalue weighted by atomic mass is 10.1. The Kier molecular flexibility index (Phi) is 5.61. The third-order valence-electron chi connectivity index (χ3n) is 4.95. The van der Waals surface area contributed by atoms with Gasteiger partial charge in [0.05, 0.1) is 12.6 Å². The van der Waals surface area contributed by atoms with Crippen molar-refractivity contribution in [2.75, 3.05) is 7.05 Å². The smallest absolute Gasteiger partial charge is 0.254 e. The van der Waals surface area contributed by atoms with Crippen molar-refractivity contribution in [3.63, 3.8) is 0 Å². The minimum Gasteiger partial charge on any atom is -0.335 e. The minimum absolute atomic E-state index is 0.0997. The van der Waals surface area contributed by atoms with Crippen LogP contribution in [-0.2, 0) is 16.1 Å². The molecule has 1 aliphatic heterocycles. The van der Waals surface area contributed by atoms with Gasteiger partial charge in [-0.3, -0.25) is 19.3 Å². The maximum absolute atomic E-state index is 12.8. The molecule has 1 aliphatic rings. The van der Waals surface area contributed by atoms with E-state index in [0.29, 0.717) is 10.6 Å². The minimum atomic E-state index is -0.142. The molecule has 2 aromatic carbocycles. The number of carbonyl (C=O) groups is 3. The van der Waals surface area contributed by atoms with Gasteiger partial charge >= 0.3 is 0 Å². The van der Waals surface area contributed by atoms with Crippen LogP contribution in [0.1, 0.15) is 47.3 Å². The molecule has 0 spiro atoms. The third-order valence-corrected chi connectivity index (χ3v) is 5.20. The Morgan fingerprint density at radius 3 is 2.15 bits per heavy atom. The number of likely N-dealkylation sites (tertiary alicyclic amines) is 1. The summed E-state index contributed by atoms with van der Waals surface area (Å²) < 4.78 is 0. The summed E-state index contributed by atoms with van der Waals surface area (Å²) in [5.74, 6) is -0.384. The fraction of sp³-hybridized carbons (Fsp3) is 0.286. The molecule has 2 aromatic rings. The number of benzene rings is 2. The van der Waals surface area contributed by atoms with Crippen molar-refractivity contribution in [3.05, 3.63) is 70.2 Å². The molecule has 0 aromatic heterocycles. The van der Waals surface area contributed by atoms with Crippen LogP contribution in [0.15, 0.2) is 48.5 Å².